The van der Waals surface area contributed by atoms with E-state index in [1.165, 1.54) is 25.3 Å². The average Bonchev–Trinajstić information content (AvgIpc) is 3.44. The summed E-state index contributed by atoms with van der Waals surface area (Å²) >= 11 is 0. The number of amides is 2. The van der Waals surface area contributed by atoms with Crippen molar-refractivity contribution in [3.63, 3.8) is 0 Å². The SMILES string of the molecule is CS(=O)(=O)c1ccc(CC2CC3(C2)CN(C(=O)N2CC4(CC(n5cnc(C6CC6)n5)C4)C2)C3)nc1. The number of hydrogen-bond acceptors (Lipinski definition) is 6. The molecule has 2 aromatic rings. The fourth-order valence-electron chi connectivity index (χ4n) is 6.99. The number of sulfone groups is 1. The Hall–Kier alpha value is -2.49. The van der Waals surface area contributed by atoms with Crippen LogP contribution < -0.4 is 0 Å². The van der Waals surface area contributed by atoms with Gasteiger partial charge in [0.15, 0.2) is 15.7 Å². The first-order chi connectivity index (χ1) is 16.7. The van der Waals surface area contributed by atoms with Crippen molar-refractivity contribution < 1.29 is 13.2 Å². The van der Waals surface area contributed by atoms with Crippen molar-refractivity contribution in [3.8, 4) is 0 Å². The molecule has 0 bridgehead atoms. The van der Waals surface area contributed by atoms with Crippen molar-refractivity contribution in [2.45, 2.75) is 61.8 Å². The lowest BCUT2D eigenvalue weighted by atomic mass is 9.56. The van der Waals surface area contributed by atoms with E-state index >= 15 is 0 Å². The lowest BCUT2D eigenvalue weighted by molar-refractivity contribution is -0.107. The highest BCUT2D eigenvalue weighted by Gasteiger charge is 2.58. The highest BCUT2D eigenvalue weighted by atomic mass is 32.2. The number of aromatic nitrogens is 4. The lowest BCUT2D eigenvalue weighted by Gasteiger charge is -2.63. The van der Waals surface area contributed by atoms with Gasteiger partial charge in [-0.3, -0.25) is 4.98 Å². The van der Waals surface area contributed by atoms with Gasteiger partial charge in [0.05, 0.1) is 10.9 Å². The van der Waals surface area contributed by atoms with Crippen molar-refractivity contribution in [1.82, 2.24) is 29.5 Å². The van der Waals surface area contributed by atoms with Crippen molar-refractivity contribution in [1.29, 1.82) is 0 Å². The van der Waals surface area contributed by atoms with E-state index in [4.69, 9.17) is 0 Å². The van der Waals surface area contributed by atoms with Crippen molar-refractivity contribution in [3.05, 3.63) is 36.2 Å². The van der Waals surface area contributed by atoms with E-state index in [1.807, 2.05) is 22.2 Å². The molecule has 0 aromatic carbocycles. The van der Waals surface area contributed by atoms with E-state index in [0.29, 0.717) is 28.7 Å². The lowest BCUT2D eigenvalue weighted by Crippen LogP contribution is -2.71. The number of rotatable bonds is 5. The number of carbonyl (C=O) groups excluding carboxylic acids is 1. The van der Waals surface area contributed by atoms with Gasteiger partial charge in [0, 0.05) is 61.1 Å². The Morgan fingerprint density at radius 3 is 2.23 bits per heavy atom. The predicted octanol–water partition coefficient (Wildman–Crippen LogP) is 2.67. The van der Waals surface area contributed by atoms with E-state index in [0.717, 1.165) is 69.8 Å². The molecular formula is C25H32N6O3S. The molecule has 3 saturated carbocycles. The van der Waals surface area contributed by atoms with Crippen LogP contribution in [-0.2, 0) is 16.3 Å². The van der Waals surface area contributed by atoms with Gasteiger partial charge in [-0.25, -0.2) is 22.9 Å². The number of carbonyl (C=O) groups is 1. The van der Waals surface area contributed by atoms with Crippen LogP contribution in [0.3, 0.4) is 0 Å². The van der Waals surface area contributed by atoms with Gasteiger partial charge < -0.3 is 9.80 Å². The van der Waals surface area contributed by atoms with Gasteiger partial charge >= 0.3 is 6.03 Å². The third kappa shape index (κ3) is 3.75. The van der Waals surface area contributed by atoms with Gasteiger partial charge in [0.1, 0.15) is 6.33 Å². The van der Waals surface area contributed by atoms with Gasteiger partial charge in [0.2, 0.25) is 0 Å². The summed E-state index contributed by atoms with van der Waals surface area (Å²) in [6, 6.07) is 4.14. The van der Waals surface area contributed by atoms with Crippen LogP contribution in [-0.4, -0.2) is 76.4 Å². The van der Waals surface area contributed by atoms with Gasteiger partial charge in [-0.15, -0.1) is 0 Å². The van der Waals surface area contributed by atoms with Crippen LogP contribution in [0.2, 0.25) is 0 Å². The first kappa shape index (κ1) is 21.8. The van der Waals surface area contributed by atoms with E-state index < -0.39 is 9.84 Å². The molecule has 2 aliphatic heterocycles. The Kier molecular flexibility index (Phi) is 4.52. The molecule has 5 fully saturated rings. The number of likely N-dealkylation sites (tertiary alicyclic amines) is 2. The second kappa shape index (κ2) is 7.27. The van der Waals surface area contributed by atoms with Crippen LogP contribution in [0, 0.1) is 16.7 Å². The topological polar surface area (TPSA) is 101 Å². The molecule has 3 aliphatic carbocycles. The average molecular weight is 497 g/mol. The number of urea groups is 1. The Balaban J connectivity index is 0.844. The fourth-order valence-corrected chi connectivity index (χ4v) is 7.55. The summed E-state index contributed by atoms with van der Waals surface area (Å²) in [5.74, 6) is 2.18. The van der Waals surface area contributed by atoms with Crippen LogP contribution in [0.5, 0.6) is 0 Å². The van der Waals surface area contributed by atoms with Crippen molar-refractivity contribution in [2.24, 2.45) is 16.7 Å². The first-order valence-electron chi connectivity index (χ1n) is 12.8. The third-order valence-electron chi connectivity index (χ3n) is 8.99. The van der Waals surface area contributed by atoms with E-state index in [2.05, 4.69) is 19.7 Å². The third-order valence-corrected chi connectivity index (χ3v) is 10.1. The molecule has 2 spiro atoms. The minimum Gasteiger partial charge on any atom is -0.323 e. The zero-order valence-corrected chi connectivity index (χ0v) is 21.0. The molecule has 0 unspecified atom stereocenters. The largest absolute Gasteiger partial charge is 0.323 e. The normalized spacial score (nSPS) is 25.2. The van der Waals surface area contributed by atoms with E-state index in [9.17, 15) is 13.2 Å². The zero-order chi connectivity index (χ0) is 24.0. The minimum absolute atomic E-state index is 0.211. The maximum atomic E-state index is 13.0. The molecule has 35 heavy (non-hydrogen) atoms. The highest BCUT2D eigenvalue weighted by Crippen LogP contribution is 2.56. The summed E-state index contributed by atoms with van der Waals surface area (Å²) in [6.07, 6.45) is 12.4. The van der Waals surface area contributed by atoms with Crippen molar-refractivity contribution in [2.75, 3.05) is 32.4 Å². The Morgan fingerprint density at radius 1 is 1.00 bits per heavy atom. The molecule has 0 N–H and O–H groups in total. The van der Waals surface area contributed by atoms with Gasteiger partial charge in [0.25, 0.3) is 0 Å². The summed E-state index contributed by atoms with van der Waals surface area (Å²) in [4.78, 5) is 26.1. The molecule has 2 aromatic heterocycles. The molecule has 9 nitrogen and oxygen atoms in total. The molecule has 2 saturated heterocycles. The summed E-state index contributed by atoms with van der Waals surface area (Å²) in [5, 5.41) is 4.69. The molecule has 186 valence electrons. The summed E-state index contributed by atoms with van der Waals surface area (Å²) < 4.78 is 25.3. The quantitative estimate of drug-likeness (QED) is 0.631. The standard InChI is InChI=1S/C25H32N6O3S/c1-35(33,34)21-5-4-19(26-11-21)6-17-7-24(8-17)12-29(13-24)23(32)30-14-25(15-30)9-20(10-25)31-16-27-22(28-31)18-2-3-18/h4-5,11,16-18,20H,2-3,6-10,12-15H2,1H3. The summed E-state index contributed by atoms with van der Waals surface area (Å²) in [6.45, 7) is 3.51. The second-order valence-electron chi connectivity index (χ2n) is 12.1. The Morgan fingerprint density at radius 2 is 1.66 bits per heavy atom. The van der Waals surface area contributed by atoms with Crippen LogP contribution in [0.15, 0.2) is 29.6 Å². The minimum atomic E-state index is -3.20. The predicted molar refractivity (Wildman–Crippen MR) is 127 cm³/mol. The maximum Gasteiger partial charge on any atom is 0.320 e. The molecule has 0 radical (unpaired) electrons. The first-order valence-corrected chi connectivity index (χ1v) is 14.7. The smallest absolute Gasteiger partial charge is 0.320 e. The Labute approximate surface area is 205 Å². The van der Waals surface area contributed by atoms with Gasteiger partial charge in [-0.05, 0) is 63.0 Å². The summed E-state index contributed by atoms with van der Waals surface area (Å²) in [7, 11) is -3.20. The van der Waals surface area contributed by atoms with Crippen LogP contribution in [0.4, 0.5) is 4.79 Å². The molecule has 5 aliphatic rings. The zero-order valence-electron chi connectivity index (χ0n) is 20.1. The number of nitrogens with zero attached hydrogens (tertiary/aromatic N) is 6. The van der Waals surface area contributed by atoms with E-state index in [-0.39, 0.29) is 10.9 Å². The van der Waals surface area contributed by atoms with Gasteiger partial charge in [-0.2, -0.15) is 5.10 Å². The number of hydrogen-bond donors (Lipinski definition) is 0. The monoisotopic (exact) mass is 496 g/mol. The van der Waals surface area contributed by atoms with Crippen LogP contribution >= 0.6 is 0 Å². The Bertz CT molecular complexity index is 1260. The highest BCUT2D eigenvalue weighted by molar-refractivity contribution is 7.90. The molecular weight excluding hydrogens is 464 g/mol. The summed E-state index contributed by atoms with van der Waals surface area (Å²) in [5.41, 5.74) is 1.54. The molecule has 10 heteroatoms. The van der Waals surface area contributed by atoms with Gasteiger partial charge in [-0.1, -0.05) is 0 Å². The molecule has 2 amide bonds. The maximum absolute atomic E-state index is 13.0. The van der Waals surface area contributed by atoms with E-state index in [1.54, 1.807) is 6.07 Å². The molecule has 4 heterocycles. The molecule has 0 atom stereocenters. The second-order valence-corrected chi connectivity index (χ2v) is 14.2. The van der Waals surface area contributed by atoms with Crippen molar-refractivity contribution >= 4 is 15.9 Å². The number of pyridine rings is 1. The van der Waals surface area contributed by atoms with Crippen LogP contribution in [0.1, 0.15) is 62.0 Å². The van der Waals surface area contributed by atoms with Crippen LogP contribution in [0.25, 0.3) is 0 Å². The molecule has 7 rings (SSSR count). The fraction of sp³-hybridized carbons (Fsp3) is 0.680.